The van der Waals surface area contributed by atoms with Gasteiger partial charge in [-0.3, -0.25) is 0 Å². The molecule has 0 N–H and O–H groups in total. The van der Waals surface area contributed by atoms with Crippen molar-refractivity contribution in [1.82, 2.24) is 0 Å². The first-order chi connectivity index (χ1) is 8.13. The molecule has 0 amide bonds. The van der Waals surface area contributed by atoms with Gasteiger partial charge in [0.25, 0.3) is 0 Å². The Hall–Kier alpha value is -0.960. The molecule has 0 aliphatic carbocycles. The first-order valence-corrected chi connectivity index (χ1v) is 6.13. The molecule has 0 spiro atoms. The van der Waals surface area contributed by atoms with E-state index in [1.165, 1.54) is 20.3 Å². The van der Waals surface area contributed by atoms with E-state index in [1.807, 2.05) is 0 Å². The summed E-state index contributed by atoms with van der Waals surface area (Å²) in [7, 11) is 3.00. The van der Waals surface area contributed by atoms with Crippen molar-refractivity contribution in [1.29, 1.82) is 0 Å². The number of hydrogen-bond donors (Lipinski definition) is 0. The Labute approximate surface area is 107 Å². The van der Waals surface area contributed by atoms with Gasteiger partial charge in [-0.15, -0.1) is 11.6 Å². The van der Waals surface area contributed by atoms with Gasteiger partial charge in [0.1, 0.15) is 5.82 Å². The van der Waals surface area contributed by atoms with E-state index in [9.17, 15) is 4.39 Å². The number of methoxy groups -OCH3 is 2. The second-order valence-electron chi connectivity index (χ2n) is 3.84. The molecule has 4 heteroatoms. The Morgan fingerprint density at radius 3 is 2.35 bits per heavy atom. The van der Waals surface area contributed by atoms with Crippen LogP contribution in [0, 0.1) is 5.82 Å². The highest BCUT2D eigenvalue weighted by atomic mass is 35.5. The monoisotopic (exact) mass is 260 g/mol. The summed E-state index contributed by atoms with van der Waals surface area (Å²) in [5, 5.41) is -0.324. The number of benzene rings is 1. The van der Waals surface area contributed by atoms with Crippen LogP contribution in [0.2, 0.25) is 0 Å². The molecule has 0 radical (unpaired) electrons. The van der Waals surface area contributed by atoms with Crippen molar-refractivity contribution in [3.8, 4) is 11.5 Å². The predicted molar refractivity (Wildman–Crippen MR) is 67.6 cm³/mol. The van der Waals surface area contributed by atoms with Gasteiger partial charge in [0.05, 0.1) is 19.6 Å². The summed E-state index contributed by atoms with van der Waals surface area (Å²) in [5.41, 5.74) is 0.470. The lowest BCUT2D eigenvalue weighted by atomic mass is 10.1. The Balaban J connectivity index is 2.99. The van der Waals surface area contributed by atoms with Crippen LogP contribution < -0.4 is 9.47 Å². The lowest BCUT2D eigenvalue weighted by molar-refractivity contribution is 0.351. The number of alkyl halides is 1. The zero-order chi connectivity index (χ0) is 12.8. The van der Waals surface area contributed by atoms with Gasteiger partial charge in [0, 0.05) is 11.6 Å². The van der Waals surface area contributed by atoms with Crippen molar-refractivity contribution < 1.29 is 13.9 Å². The molecule has 0 aliphatic rings. The van der Waals surface area contributed by atoms with Crippen molar-refractivity contribution in [2.45, 2.75) is 31.6 Å². The molecule has 0 aromatic heterocycles. The fourth-order valence-corrected chi connectivity index (χ4v) is 1.97. The zero-order valence-electron chi connectivity index (χ0n) is 10.4. The lowest BCUT2D eigenvalue weighted by Crippen LogP contribution is -1.99. The number of hydrogen-bond acceptors (Lipinski definition) is 2. The molecule has 2 nitrogen and oxygen atoms in total. The highest BCUT2D eigenvalue weighted by Crippen LogP contribution is 2.36. The highest BCUT2D eigenvalue weighted by molar-refractivity contribution is 6.20. The van der Waals surface area contributed by atoms with E-state index >= 15 is 0 Å². The third-order valence-electron chi connectivity index (χ3n) is 2.65. The maximum absolute atomic E-state index is 13.8. The van der Waals surface area contributed by atoms with Gasteiger partial charge >= 0.3 is 0 Å². The van der Waals surface area contributed by atoms with E-state index in [0.717, 1.165) is 19.3 Å². The average molecular weight is 261 g/mol. The standard InChI is InChI=1S/C13H18ClFO2/c1-4-5-6-10(14)9-7-12(16-2)13(17-3)8-11(9)15/h7-8,10H,4-6H2,1-3H3. The van der Waals surface area contributed by atoms with E-state index in [1.54, 1.807) is 6.07 Å². The molecule has 0 saturated heterocycles. The molecule has 1 unspecified atom stereocenters. The lowest BCUT2D eigenvalue weighted by Gasteiger charge is -2.14. The highest BCUT2D eigenvalue weighted by Gasteiger charge is 2.17. The zero-order valence-corrected chi connectivity index (χ0v) is 11.2. The SMILES string of the molecule is CCCCC(Cl)c1cc(OC)c(OC)cc1F. The van der Waals surface area contributed by atoms with E-state index < -0.39 is 0 Å². The van der Waals surface area contributed by atoms with E-state index in [-0.39, 0.29) is 11.2 Å². The molecule has 0 heterocycles. The van der Waals surface area contributed by atoms with Crippen molar-refractivity contribution >= 4 is 11.6 Å². The van der Waals surface area contributed by atoms with Gasteiger partial charge in [0.15, 0.2) is 11.5 Å². The fourth-order valence-electron chi connectivity index (χ4n) is 1.65. The third-order valence-corrected chi connectivity index (χ3v) is 3.10. The van der Waals surface area contributed by atoms with Crippen molar-refractivity contribution in [3.63, 3.8) is 0 Å². The quantitative estimate of drug-likeness (QED) is 0.710. The van der Waals surface area contributed by atoms with Crippen LogP contribution in [0.25, 0.3) is 0 Å². The molecule has 1 aromatic carbocycles. The molecule has 0 aliphatic heterocycles. The third kappa shape index (κ3) is 3.50. The van der Waals surface area contributed by atoms with Gasteiger partial charge in [-0.25, -0.2) is 4.39 Å². The van der Waals surface area contributed by atoms with E-state index in [0.29, 0.717) is 17.1 Å². The minimum atomic E-state index is -0.348. The van der Waals surface area contributed by atoms with Gasteiger partial charge in [-0.05, 0) is 12.5 Å². The Bertz CT molecular complexity index is 369. The summed E-state index contributed by atoms with van der Waals surface area (Å²) in [6.45, 7) is 2.08. The first kappa shape index (κ1) is 14.1. The molecule has 1 atom stereocenters. The van der Waals surface area contributed by atoms with Crippen molar-refractivity contribution in [2.75, 3.05) is 14.2 Å². The van der Waals surface area contributed by atoms with E-state index in [2.05, 4.69) is 6.92 Å². The summed E-state index contributed by atoms with van der Waals surface area (Å²) in [5.74, 6) is 0.540. The van der Waals surface area contributed by atoms with Crippen LogP contribution >= 0.6 is 11.6 Å². The van der Waals surface area contributed by atoms with Crippen molar-refractivity contribution in [3.05, 3.63) is 23.5 Å². The molecule has 0 fully saturated rings. The Morgan fingerprint density at radius 2 is 1.82 bits per heavy atom. The van der Waals surface area contributed by atoms with E-state index in [4.69, 9.17) is 21.1 Å². The summed E-state index contributed by atoms with van der Waals surface area (Å²) < 4.78 is 24.0. The van der Waals surface area contributed by atoms with Crippen LogP contribution in [0.3, 0.4) is 0 Å². The molecule has 1 rings (SSSR count). The number of ether oxygens (including phenoxy) is 2. The van der Waals surface area contributed by atoms with Gasteiger partial charge in [0.2, 0.25) is 0 Å². The second kappa shape index (κ2) is 6.70. The normalized spacial score (nSPS) is 12.3. The van der Waals surface area contributed by atoms with Crippen LogP contribution in [0.4, 0.5) is 4.39 Å². The summed E-state index contributed by atoms with van der Waals surface area (Å²) in [6.07, 6.45) is 2.77. The first-order valence-electron chi connectivity index (χ1n) is 5.69. The maximum atomic E-state index is 13.8. The van der Waals surface area contributed by atoms with Gasteiger partial charge in [-0.2, -0.15) is 0 Å². The molecule has 17 heavy (non-hydrogen) atoms. The van der Waals surface area contributed by atoms with Crippen LogP contribution in [-0.2, 0) is 0 Å². The molecular weight excluding hydrogens is 243 g/mol. The van der Waals surface area contributed by atoms with Crippen molar-refractivity contribution in [2.24, 2.45) is 0 Å². The predicted octanol–water partition coefficient (Wildman–Crippen LogP) is 4.31. The Kier molecular flexibility index (Phi) is 5.56. The fraction of sp³-hybridized carbons (Fsp3) is 0.538. The van der Waals surface area contributed by atoms with Crippen LogP contribution in [0.1, 0.15) is 37.1 Å². The molecule has 0 saturated carbocycles. The van der Waals surface area contributed by atoms with Gasteiger partial charge < -0.3 is 9.47 Å². The number of halogens is 2. The minimum absolute atomic E-state index is 0.324. The smallest absolute Gasteiger partial charge is 0.163 e. The van der Waals surface area contributed by atoms with Crippen LogP contribution in [-0.4, -0.2) is 14.2 Å². The summed E-state index contributed by atoms with van der Waals surface area (Å²) in [4.78, 5) is 0. The molecule has 0 bridgehead atoms. The minimum Gasteiger partial charge on any atom is -0.493 e. The topological polar surface area (TPSA) is 18.5 Å². The summed E-state index contributed by atoms with van der Waals surface area (Å²) in [6, 6.07) is 2.93. The Morgan fingerprint density at radius 1 is 1.24 bits per heavy atom. The second-order valence-corrected chi connectivity index (χ2v) is 4.37. The van der Waals surface area contributed by atoms with Gasteiger partial charge in [-0.1, -0.05) is 19.8 Å². The molecule has 96 valence electrons. The maximum Gasteiger partial charge on any atom is 0.163 e. The van der Waals surface area contributed by atoms with Crippen LogP contribution in [0.5, 0.6) is 11.5 Å². The largest absolute Gasteiger partial charge is 0.493 e. The average Bonchev–Trinajstić information content (AvgIpc) is 2.35. The molecule has 1 aromatic rings. The number of unbranched alkanes of at least 4 members (excludes halogenated alkanes) is 1. The molecular formula is C13H18ClFO2. The summed E-state index contributed by atoms with van der Waals surface area (Å²) >= 11 is 6.18. The van der Waals surface area contributed by atoms with Crippen LogP contribution in [0.15, 0.2) is 12.1 Å². The number of rotatable bonds is 6.